The molecule has 28 heavy (non-hydrogen) atoms. The highest BCUT2D eigenvalue weighted by molar-refractivity contribution is 7.89. The van der Waals surface area contributed by atoms with E-state index in [0.717, 1.165) is 5.56 Å². The van der Waals surface area contributed by atoms with Crippen molar-refractivity contribution in [1.82, 2.24) is 9.62 Å². The van der Waals surface area contributed by atoms with E-state index in [1.165, 1.54) is 0 Å². The Bertz CT molecular complexity index is 890. The third-order valence-corrected chi connectivity index (χ3v) is 6.40. The van der Waals surface area contributed by atoms with Crippen LogP contribution >= 0.6 is 0 Å². The fraction of sp³-hybridized carbons (Fsp3) is 0.381. The molecule has 0 bridgehead atoms. The van der Waals surface area contributed by atoms with Crippen LogP contribution in [0.1, 0.15) is 25.3 Å². The molecule has 0 aromatic heterocycles. The molecule has 1 amide bonds. The van der Waals surface area contributed by atoms with Crippen molar-refractivity contribution in [1.29, 1.82) is 0 Å². The van der Waals surface area contributed by atoms with Crippen LogP contribution in [0.5, 0.6) is 5.75 Å². The SMILES string of the molecule is Cc1ccc(S(=O)(=O)NC2CCN(C(=O)C(C)Oc3ccccc3)CC2)cc1. The maximum atomic E-state index is 12.6. The van der Waals surface area contributed by atoms with Gasteiger partial charge in [0.15, 0.2) is 6.10 Å². The first kappa shape index (κ1) is 20.4. The lowest BCUT2D eigenvalue weighted by Gasteiger charge is -2.33. The molecule has 1 N–H and O–H groups in total. The molecule has 150 valence electrons. The Morgan fingerprint density at radius 2 is 1.68 bits per heavy atom. The lowest BCUT2D eigenvalue weighted by Crippen LogP contribution is -2.49. The highest BCUT2D eigenvalue weighted by Crippen LogP contribution is 2.18. The molecule has 6 nitrogen and oxygen atoms in total. The summed E-state index contributed by atoms with van der Waals surface area (Å²) in [6.07, 6.45) is 0.576. The predicted octanol–water partition coefficient (Wildman–Crippen LogP) is 2.73. The average molecular weight is 403 g/mol. The molecule has 7 heteroatoms. The smallest absolute Gasteiger partial charge is 0.263 e. The van der Waals surface area contributed by atoms with Crippen LogP contribution in [-0.2, 0) is 14.8 Å². The highest BCUT2D eigenvalue weighted by Gasteiger charge is 2.29. The Morgan fingerprint density at radius 1 is 1.07 bits per heavy atom. The molecule has 1 unspecified atom stereocenters. The Morgan fingerprint density at radius 3 is 2.29 bits per heavy atom. The number of hydrogen-bond donors (Lipinski definition) is 1. The quantitative estimate of drug-likeness (QED) is 0.806. The Balaban J connectivity index is 1.52. The topological polar surface area (TPSA) is 75.7 Å². The predicted molar refractivity (Wildman–Crippen MR) is 108 cm³/mol. The normalized spacial score (nSPS) is 16.6. The number of carbonyl (C=O) groups excluding carboxylic acids is 1. The number of likely N-dealkylation sites (tertiary alicyclic amines) is 1. The van der Waals surface area contributed by atoms with Crippen LogP contribution in [0.15, 0.2) is 59.5 Å². The maximum Gasteiger partial charge on any atom is 0.263 e. The summed E-state index contributed by atoms with van der Waals surface area (Å²) in [6, 6.07) is 15.8. The summed E-state index contributed by atoms with van der Waals surface area (Å²) in [7, 11) is -3.55. The van der Waals surface area contributed by atoms with Gasteiger partial charge in [-0.15, -0.1) is 0 Å². The van der Waals surface area contributed by atoms with E-state index in [2.05, 4.69) is 4.72 Å². The van der Waals surface area contributed by atoms with E-state index in [9.17, 15) is 13.2 Å². The maximum absolute atomic E-state index is 12.6. The number of nitrogens with one attached hydrogen (secondary N) is 1. The lowest BCUT2D eigenvalue weighted by molar-refractivity contribution is -0.139. The molecule has 0 saturated carbocycles. The number of ether oxygens (including phenoxy) is 1. The van der Waals surface area contributed by atoms with Crippen LogP contribution in [0.4, 0.5) is 0 Å². The van der Waals surface area contributed by atoms with Gasteiger partial charge in [-0.3, -0.25) is 4.79 Å². The first-order valence-electron chi connectivity index (χ1n) is 9.44. The van der Waals surface area contributed by atoms with E-state index in [1.54, 1.807) is 36.1 Å². The van der Waals surface area contributed by atoms with Crippen molar-refractivity contribution in [2.45, 2.75) is 43.7 Å². The van der Waals surface area contributed by atoms with Crippen molar-refractivity contribution >= 4 is 15.9 Å². The van der Waals surface area contributed by atoms with Gasteiger partial charge in [0.1, 0.15) is 5.75 Å². The summed E-state index contributed by atoms with van der Waals surface area (Å²) in [4.78, 5) is 14.6. The molecule has 0 spiro atoms. The van der Waals surface area contributed by atoms with Gasteiger partial charge in [-0.05, 0) is 51.0 Å². The molecule has 3 rings (SSSR count). The number of piperidine rings is 1. The number of hydrogen-bond acceptors (Lipinski definition) is 4. The van der Waals surface area contributed by atoms with E-state index >= 15 is 0 Å². The summed E-state index contributed by atoms with van der Waals surface area (Å²) in [5, 5.41) is 0. The molecule has 2 aromatic rings. The third kappa shape index (κ3) is 5.11. The molecule has 1 aliphatic heterocycles. The molecule has 1 heterocycles. The number of para-hydroxylation sites is 1. The van der Waals surface area contributed by atoms with E-state index in [-0.39, 0.29) is 16.8 Å². The number of rotatable bonds is 6. The van der Waals surface area contributed by atoms with Gasteiger partial charge in [0, 0.05) is 19.1 Å². The van der Waals surface area contributed by atoms with E-state index in [0.29, 0.717) is 31.7 Å². The van der Waals surface area contributed by atoms with E-state index in [4.69, 9.17) is 4.74 Å². The second-order valence-electron chi connectivity index (χ2n) is 7.11. The summed E-state index contributed by atoms with van der Waals surface area (Å²) in [5.41, 5.74) is 1.01. The summed E-state index contributed by atoms with van der Waals surface area (Å²) in [5.74, 6) is 0.577. The van der Waals surface area contributed by atoms with Gasteiger partial charge in [-0.1, -0.05) is 35.9 Å². The zero-order valence-electron chi connectivity index (χ0n) is 16.2. The molecule has 0 aliphatic carbocycles. The fourth-order valence-corrected chi connectivity index (χ4v) is 4.54. The van der Waals surface area contributed by atoms with Crippen LogP contribution in [-0.4, -0.2) is 44.5 Å². The Labute approximate surface area is 166 Å². The van der Waals surface area contributed by atoms with E-state index < -0.39 is 16.1 Å². The second kappa shape index (κ2) is 8.75. The monoisotopic (exact) mass is 402 g/mol. The van der Waals surface area contributed by atoms with Crippen LogP contribution in [0, 0.1) is 6.92 Å². The van der Waals surface area contributed by atoms with Gasteiger partial charge in [0.05, 0.1) is 4.90 Å². The molecule has 1 saturated heterocycles. The highest BCUT2D eigenvalue weighted by atomic mass is 32.2. The van der Waals surface area contributed by atoms with Crippen molar-refractivity contribution in [2.24, 2.45) is 0 Å². The van der Waals surface area contributed by atoms with Gasteiger partial charge >= 0.3 is 0 Å². The van der Waals surface area contributed by atoms with Crippen LogP contribution in [0.2, 0.25) is 0 Å². The molecular formula is C21H26N2O4S. The Kier molecular flexibility index (Phi) is 6.36. The summed E-state index contributed by atoms with van der Waals surface area (Å²) in [6.45, 7) is 4.66. The summed E-state index contributed by atoms with van der Waals surface area (Å²) < 4.78 is 33.5. The minimum absolute atomic E-state index is 0.0799. The third-order valence-electron chi connectivity index (χ3n) is 4.86. The Hall–Kier alpha value is -2.38. The van der Waals surface area contributed by atoms with E-state index in [1.807, 2.05) is 37.3 Å². The lowest BCUT2D eigenvalue weighted by atomic mass is 10.1. The minimum Gasteiger partial charge on any atom is -0.481 e. The van der Waals surface area contributed by atoms with Gasteiger partial charge < -0.3 is 9.64 Å². The van der Waals surface area contributed by atoms with Crippen molar-refractivity contribution in [3.63, 3.8) is 0 Å². The molecular weight excluding hydrogens is 376 g/mol. The van der Waals surface area contributed by atoms with Crippen molar-refractivity contribution in [2.75, 3.05) is 13.1 Å². The number of sulfonamides is 1. The largest absolute Gasteiger partial charge is 0.481 e. The standard InChI is InChI=1S/C21H26N2O4S/c1-16-8-10-20(11-9-16)28(25,26)22-18-12-14-23(15-13-18)21(24)17(2)27-19-6-4-3-5-7-19/h3-11,17-18,22H,12-15H2,1-2H3. The number of carbonyl (C=O) groups is 1. The second-order valence-corrected chi connectivity index (χ2v) is 8.82. The first-order chi connectivity index (χ1) is 13.3. The minimum atomic E-state index is -3.55. The van der Waals surface area contributed by atoms with Crippen molar-refractivity contribution in [3.05, 3.63) is 60.2 Å². The first-order valence-corrected chi connectivity index (χ1v) is 10.9. The van der Waals surface area contributed by atoms with Gasteiger partial charge in [0.2, 0.25) is 10.0 Å². The molecule has 1 fully saturated rings. The zero-order chi connectivity index (χ0) is 20.1. The van der Waals surface area contributed by atoms with Crippen LogP contribution in [0.3, 0.4) is 0 Å². The zero-order valence-corrected chi connectivity index (χ0v) is 17.0. The number of nitrogens with zero attached hydrogens (tertiary/aromatic N) is 1. The van der Waals surface area contributed by atoms with Gasteiger partial charge in [0.25, 0.3) is 5.91 Å². The number of benzene rings is 2. The molecule has 0 radical (unpaired) electrons. The fourth-order valence-electron chi connectivity index (χ4n) is 3.23. The summed E-state index contributed by atoms with van der Waals surface area (Å²) >= 11 is 0. The number of amides is 1. The average Bonchev–Trinajstić information content (AvgIpc) is 2.69. The van der Waals surface area contributed by atoms with Crippen molar-refractivity contribution in [3.8, 4) is 5.75 Å². The molecule has 1 atom stereocenters. The van der Waals surface area contributed by atoms with Gasteiger partial charge in [-0.25, -0.2) is 13.1 Å². The number of aryl methyl sites for hydroxylation is 1. The van der Waals surface area contributed by atoms with Crippen LogP contribution < -0.4 is 9.46 Å². The molecule has 2 aromatic carbocycles. The van der Waals surface area contributed by atoms with Crippen LogP contribution in [0.25, 0.3) is 0 Å². The van der Waals surface area contributed by atoms with Crippen molar-refractivity contribution < 1.29 is 17.9 Å². The molecule has 1 aliphatic rings. The van der Waals surface area contributed by atoms with Gasteiger partial charge in [-0.2, -0.15) is 0 Å².